The zero-order valence-corrected chi connectivity index (χ0v) is 11.4. The number of nitrogens with zero attached hydrogens (tertiary/aromatic N) is 1. The quantitative estimate of drug-likeness (QED) is 0.460. The van der Waals surface area contributed by atoms with Gasteiger partial charge in [0.1, 0.15) is 11.5 Å². The van der Waals surface area contributed by atoms with Gasteiger partial charge >= 0.3 is 0 Å². The summed E-state index contributed by atoms with van der Waals surface area (Å²) in [6.45, 7) is 0. The van der Waals surface area contributed by atoms with E-state index in [1.165, 1.54) is 0 Å². The Morgan fingerprint density at radius 1 is 1.05 bits per heavy atom. The summed E-state index contributed by atoms with van der Waals surface area (Å²) in [7, 11) is 0. The average Bonchev–Trinajstić information content (AvgIpc) is 2.42. The zero-order valence-electron chi connectivity index (χ0n) is 10.6. The number of nitrogens with two attached hydrogens (primary N) is 1. The fourth-order valence-corrected chi connectivity index (χ4v) is 1.42. The molecule has 0 radical (unpaired) electrons. The first-order valence-corrected chi connectivity index (χ1v) is 5.70. The predicted octanol–water partition coefficient (Wildman–Crippen LogP) is 2.72. The molecular formula is C14H15ClN4O. The first-order valence-electron chi connectivity index (χ1n) is 5.70. The fourth-order valence-electron chi connectivity index (χ4n) is 1.42. The minimum absolute atomic E-state index is 0. The highest BCUT2D eigenvalue weighted by Crippen LogP contribution is 2.20. The molecule has 0 aliphatic heterocycles. The molecule has 5 nitrogen and oxygen atoms in total. The molecular weight excluding hydrogens is 276 g/mol. The summed E-state index contributed by atoms with van der Waals surface area (Å²) in [5.41, 5.74) is 8.34. The van der Waals surface area contributed by atoms with Crippen LogP contribution < -0.4 is 15.9 Å². The molecule has 4 N–H and O–H groups in total. The third-order valence-electron chi connectivity index (χ3n) is 2.26. The summed E-state index contributed by atoms with van der Waals surface area (Å²) in [6.07, 6.45) is 1.58. The molecule has 0 aliphatic rings. The van der Waals surface area contributed by atoms with E-state index in [0.717, 1.165) is 17.1 Å². The summed E-state index contributed by atoms with van der Waals surface area (Å²) >= 11 is 0. The molecule has 2 rings (SSSR count). The molecule has 0 bridgehead atoms. The molecule has 0 fully saturated rings. The highest BCUT2D eigenvalue weighted by molar-refractivity contribution is 5.85. The molecule has 0 heterocycles. The Labute approximate surface area is 123 Å². The number of para-hydroxylation sites is 1. The predicted molar refractivity (Wildman–Crippen MR) is 82.8 cm³/mol. The third-order valence-corrected chi connectivity index (χ3v) is 2.26. The summed E-state index contributed by atoms with van der Waals surface area (Å²) in [6, 6.07) is 17.0. The monoisotopic (exact) mass is 290 g/mol. The van der Waals surface area contributed by atoms with Crippen molar-refractivity contribution >= 4 is 24.6 Å². The Hall–Kier alpha value is -2.53. The molecule has 0 atom stereocenters. The molecule has 2 aromatic rings. The zero-order chi connectivity index (χ0) is 13.5. The van der Waals surface area contributed by atoms with Gasteiger partial charge in [0, 0.05) is 0 Å². The number of ether oxygens (including phenoxy) is 1. The van der Waals surface area contributed by atoms with Crippen LogP contribution in [0.5, 0.6) is 11.5 Å². The maximum atomic E-state index is 6.95. The van der Waals surface area contributed by atoms with Crippen LogP contribution in [-0.4, -0.2) is 12.2 Å². The van der Waals surface area contributed by atoms with E-state index in [1.807, 2.05) is 54.6 Å². The number of hydrogen-bond acceptors (Lipinski definition) is 3. The van der Waals surface area contributed by atoms with E-state index < -0.39 is 0 Å². The topological polar surface area (TPSA) is 83.5 Å². The largest absolute Gasteiger partial charge is 0.457 e. The number of hydrogen-bond donors (Lipinski definition) is 3. The molecule has 2 aromatic carbocycles. The Morgan fingerprint density at radius 2 is 1.65 bits per heavy atom. The molecule has 0 aromatic heterocycles. The molecule has 104 valence electrons. The van der Waals surface area contributed by atoms with Crippen molar-refractivity contribution < 1.29 is 4.74 Å². The Morgan fingerprint density at radius 3 is 2.25 bits per heavy atom. The van der Waals surface area contributed by atoms with Gasteiger partial charge in [-0.2, -0.15) is 5.10 Å². The van der Waals surface area contributed by atoms with Gasteiger partial charge in [-0.15, -0.1) is 12.4 Å². The number of nitrogens with one attached hydrogen (secondary N) is 2. The highest BCUT2D eigenvalue weighted by atomic mass is 35.5. The van der Waals surface area contributed by atoms with Gasteiger partial charge in [-0.1, -0.05) is 18.2 Å². The third kappa shape index (κ3) is 4.99. The molecule has 20 heavy (non-hydrogen) atoms. The van der Waals surface area contributed by atoms with Crippen LogP contribution in [-0.2, 0) is 0 Å². The van der Waals surface area contributed by atoms with Gasteiger partial charge in [-0.05, 0) is 42.0 Å². The smallest absolute Gasteiger partial charge is 0.206 e. The molecule has 0 aliphatic carbocycles. The van der Waals surface area contributed by atoms with Crippen molar-refractivity contribution in [2.45, 2.75) is 0 Å². The number of halogens is 1. The lowest BCUT2D eigenvalue weighted by molar-refractivity contribution is 0.482. The van der Waals surface area contributed by atoms with Crippen LogP contribution in [0, 0.1) is 5.41 Å². The lowest BCUT2D eigenvalue weighted by Gasteiger charge is -2.05. The summed E-state index contributed by atoms with van der Waals surface area (Å²) in [5.74, 6) is 1.35. The van der Waals surface area contributed by atoms with Crippen molar-refractivity contribution in [2.24, 2.45) is 10.8 Å². The van der Waals surface area contributed by atoms with Gasteiger partial charge in [0.05, 0.1) is 6.21 Å². The molecule has 0 saturated carbocycles. The van der Waals surface area contributed by atoms with E-state index in [0.29, 0.717) is 0 Å². The van der Waals surface area contributed by atoms with Gasteiger partial charge in [-0.25, -0.2) is 5.43 Å². The van der Waals surface area contributed by atoms with Gasteiger partial charge in [-0.3, -0.25) is 5.41 Å². The molecule has 0 amide bonds. The van der Waals surface area contributed by atoms with Crippen LogP contribution in [0.3, 0.4) is 0 Å². The van der Waals surface area contributed by atoms with Crippen LogP contribution in [0.25, 0.3) is 0 Å². The van der Waals surface area contributed by atoms with Crippen molar-refractivity contribution in [1.82, 2.24) is 5.43 Å². The molecule has 0 unspecified atom stereocenters. The van der Waals surface area contributed by atoms with Gasteiger partial charge in [0.25, 0.3) is 0 Å². The van der Waals surface area contributed by atoms with E-state index in [9.17, 15) is 0 Å². The summed E-state index contributed by atoms with van der Waals surface area (Å²) in [4.78, 5) is 0. The summed E-state index contributed by atoms with van der Waals surface area (Å²) in [5, 5.41) is 10.7. The standard InChI is InChI=1S/C14H14N4O.ClH/c15-14(16)18-17-10-11-6-8-13(9-7-11)19-12-4-2-1-3-5-12;/h1-10H,(H4,15,16,18);1H. The van der Waals surface area contributed by atoms with Crippen molar-refractivity contribution in [1.29, 1.82) is 5.41 Å². The van der Waals surface area contributed by atoms with Crippen LogP contribution in [0.2, 0.25) is 0 Å². The normalized spacial score (nSPS) is 9.80. The fraction of sp³-hybridized carbons (Fsp3) is 0. The Kier molecular flexibility index (Phi) is 6.06. The number of rotatable bonds is 4. The van der Waals surface area contributed by atoms with Gasteiger partial charge in [0.15, 0.2) is 0 Å². The van der Waals surface area contributed by atoms with E-state index in [4.69, 9.17) is 15.9 Å². The molecule has 6 heteroatoms. The number of guanidine groups is 1. The van der Waals surface area contributed by atoms with Crippen molar-refractivity contribution in [3.63, 3.8) is 0 Å². The first kappa shape index (κ1) is 15.5. The van der Waals surface area contributed by atoms with Gasteiger partial charge < -0.3 is 10.5 Å². The highest BCUT2D eigenvalue weighted by Gasteiger charge is 1.96. The Bertz CT molecular complexity index is 569. The summed E-state index contributed by atoms with van der Waals surface area (Å²) < 4.78 is 5.66. The number of hydrazone groups is 1. The first-order chi connectivity index (χ1) is 9.24. The van der Waals surface area contributed by atoms with Crippen LogP contribution in [0.15, 0.2) is 59.7 Å². The second kappa shape index (κ2) is 7.81. The SMILES string of the molecule is Cl.N=C(N)NN=Cc1ccc(Oc2ccccc2)cc1. The van der Waals surface area contributed by atoms with Gasteiger partial charge in [0.2, 0.25) is 5.96 Å². The molecule has 0 spiro atoms. The van der Waals surface area contributed by atoms with Crippen LogP contribution in [0.4, 0.5) is 0 Å². The van der Waals surface area contributed by atoms with Crippen molar-refractivity contribution in [2.75, 3.05) is 0 Å². The number of benzene rings is 2. The molecule has 0 saturated heterocycles. The lowest BCUT2D eigenvalue weighted by Crippen LogP contribution is -2.25. The second-order valence-corrected chi connectivity index (χ2v) is 3.77. The maximum absolute atomic E-state index is 6.95. The van der Waals surface area contributed by atoms with Crippen LogP contribution in [0.1, 0.15) is 5.56 Å². The minimum Gasteiger partial charge on any atom is -0.457 e. The maximum Gasteiger partial charge on any atom is 0.206 e. The van der Waals surface area contributed by atoms with E-state index >= 15 is 0 Å². The Balaban J connectivity index is 0.00000200. The van der Waals surface area contributed by atoms with E-state index in [-0.39, 0.29) is 18.4 Å². The van der Waals surface area contributed by atoms with Crippen LogP contribution >= 0.6 is 12.4 Å². The lowest BCUT2D eigenvalue weighted by atomic mass is 10.2. The minimum atomic E-state index is -0.194. The van der Waals surface area contributed by atoms with Crippen molar-refractivity contribution in [3.05, 3.63) is 60.2 Å². The average molecular weight is 291 g/mol. The van der Waals surface area contributed by atoms with Crippen molar-refractivity contribution in [3.8, 4) is 11.5 Å². The van der Waals surface area contributed by atoms with E-state index in [1.54, 1.807) is 6.21 Å². The second-order valence-electron chi connectivity index (χ2n) is 3.77. The van der Waals surface area contributed by atoms with E-state index in [2.05, 4.69) is 10.5 Å².